The Kier molecular flexibility index (Phi) is 5.92. The number of sulfonamides is 1. The van der Waals surface area contributed by atoms with Crippen molar-refractivity contribution in [3.05, 3.63) is 15.4 Å². The van der Waals surface area contributed by atoms with Crippen molar-refractivity contribution in [2.45, 2.75) is 24.5 Å². The van der Waals surface area contributed by atoms with E-state index in [4.69, 9.17) is 11.6 Å². The number of nitrogens with zero attached hydrogens (tertiary/aromatic N) is 1. The van der Waals surface area contributed by atoms with Crippen LogP contribution in [-0.4, -0.2) is 31.7 Å². The van der Waals surface area contributed by atoms with E-state index < -0.39 is 10.0 Å². The van der Waals surface area contributed by atoms with Gasteiger partial charge >= 0.3 is 0 Å². The number of rotatable bonds is 6. The lowest BCUT2D eigenvalue weighted by atomic mass is 10.4. The standard InChI is InChI=1S/C10H15BrClNO2S2/c1-3-13(6-4-5-12)17(14,15)9-7-8(2)10(11)16-9/h7H,3-6H2,1-2H3. The molecule has 0 aromatic carbocycles. The third-order valence-corrected chi connectivity index (χ3v) is 7.15. The molecule has 1 aromatic heterocycles. The molecular formula is C10H15BrClNO2S2. The van der Waals surface area contributed by atoms with Crippen molar-refractivity contribution in [2.24, 2.45) is 0 Å². The normalized spacial score (nSPS) is 12.3. The average Bonchev–Trinajstić information content (AvgIpc) is 2.61. The van der Waals surface area contributed by atoms with E-state index in [2.05, 4.69) is 15.9 Å². The maximum absolute atomic E-state index is 12.3. The highest BCUT2D eigenvalue weighted by atomic mass is 79.9. The second kappa shape index (κ2) is 6.52. The van der Waals surface area contributed by atoms with Crippen LogP contribution in [0.2, 0.25) is 0 Å². The van der Waals surface area contributed by atoms with Crippen LogP contribution in [0.5, 0.6) is 0 Å². The summed E-state index contributed by atoms with van der Waals surface area (Å²) in [6, 6.07) is 1.70. The van der Waals surface area contributed by atoms with E-state index in [0.717, 1.165) is 9.35 Å². The lowest BCUT2D eigenvalue weighted by Gasteiger charge is -2.18. The molecule has 0 fully saturated rings. The van der Waals surface area contributed by atoms with Gasteiger partial charge in [0.25, 0.3) is 10.0 Å². The van der Waals surface area contributed by atoms with Gasteiger partial charge in [-0.1, -0.05) is 6.92 Å². The molecule has 3 nitrogen and oxygen atoms in total. The van der Waals surface area contributed by atoms with Gasteiger partial charge in [-0.3, -0.25) is 0 Å². The van der Waals surface area contributed by atoms with Gasteiger partial charge in [-0.05, 0) is 40.9 Å². The number of hydrogen-bond donors (Lipinski definition) is 0. The molecule has 0 unspecified atom stereocenters. The Morgan fingerprint density at radius 1 is 1.53 bits per heavy atom. The summed E-state index contributed by atoms with van der Waals surface area (Å²) in [7, 11) is -3.36. The molecule has 0 N–H and O–H groups in total. The average molecular weight is 361 g/mol. The van der Waals surface area contributed by atoms with Crippen LogP contribution in [0.3, 0.4) is 0 Å². The Balaban J connectivity index is 2.99. The van der Waals surface area contributed by atoms with Crippen LogP contribution in [-0.2, 0) is 10.0 Å². The molecule has 1 heterocycles. The van der Waals surface area contributed by atoms with E-state index in [1.807, 2.05) is 13.8 Å². The molecule has 1 aromatic rings. The molecule has 1 rings (SSSR count). The van der Waals surface area contributed by atoms with Crippen LogP contribution in [0, 0.1) is 6.92 Å². The Labute approximate surface area is 120 Å². The van der Waals surface area contributed by atoms with E-state index >= 15 is 0 Å². The van der Waals surface area contributed by atoms with Gasteiger partial charge in [0.1, 0.15) is 4.21 Å². The van der Waals surface area contributed by atoms with Gasteiger partial charge in [0.05, 0.1) is 3.79 Å². The SMILES string of the molecule is CCN(CCCCl)S(=O)(=O)c1cc(C)c(Br)s1. The minimum atomic E-state index is -3.36. The van der Waals surface area contributed by atoms with Gasteiger partial charge < -0.3 is 0 Å². The van der Waals surface area contributed by atoms with E-state index in [9.17, 15) is 8.42 Å². The quantitative estimate of drug-likeness (QED) is 0.729. The predicted octanol–water partition coefficient (Wildman–Crippen LogP) is 3.46. The maximum Gasteiger partial charge on any atom is 0.252 e. The van der Waals surface area contributed by atoms with Gasteiger partial charge in [0.15, 0.2) is 0 Å². The molecule has 98 valence electrons. The zero-order valence-corrected chi connectivity index (χ0v) is 13.7. The molecule has 0 saturated carbocycles. The molecule has 0 saturated heterocycles. The second-order valence-electron chi connectivity index (χ2n) is 3.56. The van der Waals surface area contributed by atoms with Crippen molar-refractivity contribution in [3.63, 3.8) is 0 Å². The maximum atomic E-state index is 12.3. The smallest absolute Gasteiger partial charge is 0.206 e. The summed E-state index contributed by atoms with van der Waals surface area (Å²) in [6.45, 7) is 4.65. The van der Waals surface area contributed by atoms with Crippen LogP contribution >= 0.6 is 38.9 Å². The molecule has 0 bridgehead atoms. The first-order chi connectivity index (χ1) is 7.93. The summed E-state index contributed by atoms with van der Waals surface area (Å²) in [5.74, 6) is 0.471. The predicted molar refractivity (Wildman–Crippen MR) is 76.5 cm³/mol. The van der Waals surface area contributed by atoms with Crippen molar-refractivity contribution in [3.8, 4) is 0 Å². The Morgan fingerprint density at radius 3 is 2.59 bits per heavy atom. The molecule has 0 aliphatic heterocycles. The highest BCUT2D eigenvalue weighted by Gasteiger charge is 2.25. The van der Waals surface area contributed by atoms with Crippen LogP contribution in [0.4, 0.5) is 0 Å². The first-order valence-corrected chi connectivity index (χ1v) is 8.84. The Bertz CT molecular complexity index is 453. The minimum absolute atomic E-state index is 0.387. The third-order valence-electron chi connectivity index (χ3n) is 2.32. The topological polar surface area (TPSA) is 37.4 Å². The van der Waals surface area contributed by atoms with E-state index in [1.165, 1.54) is 15.6 Å². The fourth-order valence-corrected chi connectivity index (χ4v) is 5.36. The molecule has 0 atom stereocenters. The molecular weight excluding hydrogens is 346 g/mol. The summed E-state index contributed by atoms with van der Waals surface area (Å²) in [6.07, 6.45) is 0.667. The summed E-state index contributed by atoms with van der Waals surface area (Å²) >= 11 is 10.2. The second-order valence-corrected chi connectivity index (χ2v) is 8.47. The Morgan fingerprint density at radius 2 is 2.18 bits per heavy atom. The first-order valence-electron chi connectivity index (χ1n) is 5.25. The van der Waals surface area contributed by atoms with Gasteiger partial charge in [0, 0.05) is 19.0 Å². The van der Waals surface area contributed by atoms with Gasteiger partial charge in [-0.25, -0.2) is 8.42 Å². The third kappa shape index (κ3) is 3.67. The van der Waals surface area contributed by atoms with Crippen molar-refractivity contribution in [2.75, 3.05) is 19.0 Å². The number of hydrogen-bond acceptors (Lipinski definition) is 3. The highest BCUT2D eigenvalue weighted by Crippen LogP contribution is 2.32. The molecule has 0 aliphatic rings. The fraction of sp³-hybridized carbons (Fsp3) is 0.600. The highest BCUT2D eigenvalue weighted by molar-refractivity contribution is 9.11. The van der Waals surface area contributed by atoms with Crippen LogP contribution in [0.1, 0.15) is 18.9 Å². The van der Waals surface area contributed by atoms with Crippen LogP contribution in [0.25, 0.3) is 0 Å². The number of alkyl halides is 1. The van der Waals surface area contributed by atoms with Crippen LogP contribution in [0.15, 0.2) is 14.1 Å². The molecule has 0 amide bonds. The lowest BCUT2D eigenvalue weighted by molar-refractivity contribution is 0.429. The summed E-state index contributed by atoms with van der Waals surface area (Å²) < 4.78 is 27.3. The van der Waals surface area contributed by atoms with Gasteiger partial charge in [-0.2, -0.15) is 4.31 Å². The van der Waals surface area contributed by atoms with Crippen molar-refractivity contribution in [1.29, 1.82) is 0 Å². The van der Waals surface area contributed by atoms with Gasteiger partial charge in [-0.15, -0.1) is 22.9 Å². The van der Waals surface area contributed by atoms with Crippen LogP contribution < -0.4 is 0 Å². The number of aryl methyl sites for hydroxylation is 1. The fourth-order valence-electron chi connectivity index (χ4n) is 1.37. The first kappa shape index (κ1) is 15.4. The molecule has 7 heteroatoms. The number of thiophene rings is 1. The minimum Gasteiger partial charge on any atom is -0.206 e. The van der Waals surface area contributed by atoms with Crippen molar-refractivity contribution < 1.29 is 8.42 Å². The van der Waals surface area contributed by atoms with E-state index in [-0.39, 0.29) is 0 Å². The van der Waals surface area contributed by atoms with Gasteiger partial charge in [0.2, 0.25) is 0 Å². The van der Waals surface area contributed by atoms with Crippen molar-refractivity contribution >= 4 is 48.9 Å². The van der Waals surface area contributed by atoms with E-state index in [0.29, 0.717) is 29.6 Å². The zero-order chi connectivity index (χ0) is 13.1. The summed E-state index contributed by atoms with van der Waals surface area (Å²) in [5, 5.41) is 0. The summed E-state index contributed by atoms with van der Waals surface area (Å²) in [4.78, 5) is 0. The van der Waals surface area contributed by atoms with E-state index in [1.54, 1.807) is 6.07 Å². The van der Waals surface area contributed by atoms with Crippen molar-refractivity contribution in [1.82, 2.24) is 4.31 Å². The molecule has 0 spiro atoms. The Hall–Kier alpha value is 0.380. The zero-order valence-electron chi connectivity index (χ0n) is 9.74. The largest absolute Gasteiger partial charge is 0.252 e. The molecule has 0 aliphatic carbocycles. The lowest BCUT2D eigenvalue weighted by Crippen LogP contribution is -2.31. The summed E-state index contributed by atoms with van der Waals surface area (Å²) in [5.41, 5.74) is 0.946. The molecule has 0 radical (unpaired) electrons. The monoisotopic (exact) mass is 359 g/mol. The number of halogens is 2. The molecule has 17 heavy (non-hydrogen) atoms.